The number of amides is 2. The number of carbonyl (C=O) groups is 3. The van der Waals surface area contributed by atoms with Gasteiger partial charge in [0.05, 0.1) is 29.8 Å². The number of rotatable bonds is 9. The molecule has 4 rings (SSSR count). The Labute approximate surface area is 216 Å². The van der Waals surface area contributed by atoms with E-state index >= 15 is 0 Å². The van der Waals surface area contributed by atoms with E-state index in [4.69, 9.17) is 9.73 Å². The molecule has 0 radical (unpaired) electrons. The molecular weight excluding hydrogens is 476 g/mol. The molecule has 3 aliphatic heterocycles. The fourth-order valence-corrected chi connectivity index (χ4v) is 5.60. The topological polar surface area (TPSA) is 91.3 Å². The quantitative estimate of drug-likeness (QED) is 0.398. The molecule has 3 aliphatic rings. The number of esters is 1. The van der Waals surface area contributed by atoms with Crippen LogP contribution in [0.25, 0.3) is 0 Å². The summed E-state index contributed by atoms with van der Waals surface area (Å²) in [5, 5.41) is 5.66. The summed E-state index contributed by atoms with van der Waals surface area (Å²) < 4.78 is 5.59. The van der Waals surface area contributed by atoms with Crippen LogP contribution in [0.3, 0.4) is 0 Å². The van der Waals surface area contributed by atoms with E-state index in [-0.39, 0.29) is 24.3 Å². The highest BCUT2D eigenvalue weighted by Gasteiger charge is 2.41. The zero-order chi connectivity index (χ0) is 25.8. The van der Waals surface area contributed by atoms with Gasteiger partial charge in [-0.15, -0.1) is 0 Å². The fourth-order valence-electron chi connectivity index (χ4n) is 4.64. The van der Waals surface area contributed by atoms with Gasteiger partial charge < -0.3 is 19.9 Å². The Morgan fingerprint density at radius 3 is 2.64 bits per heavy atom. The van der Waals surface area contributed by atoms with Crippen molar-refractivity contribution in [1.82, 2.24) is 15.1 Å². The van der Waals surface area contributed by atoms with E-state index in [0.29, 0.717) is 30.8 Å². The zero-order valence-electron chi connectivity index (χ0n) is 21.4. The molecule has 9 heteroatoms. The molecule has 192 valence electrons. The molecule has 0 aromatic heterocycles. The average Bonchev–Trinajstić information content (AvgIpc) is 3.41. The number of ether oxygens (including phenoxy) is 1. The number of carbonyl (C=O) groups excluding carboxylic acids is 3. The number of aliphatic imine (C=N–C) groups is 1. The summed E-state index contributed by atoms with van der Waals surface area (Å²) >= 11 is 1.46. The molecule has 0 saturated carbocycles. The van der Waals surface area contributed by atoms with E-state index in [1.165, 1.54) is 11.8 Å². The lowest BCUT2D eigenvalue weighted by Gasteiger charge is -2.36. The van der Waals surface area contributed by atoms with Crippen molar-refractivity contribution in [2.45, 2.75) is 65.5 Å². The van der Waals surface area contributed by atoms with E-state index in [9.17, 15) is 14.4 Å². The summed E-state index contributed by atoms with van der Waals surface area (Å²) in [7, 11) is 0. The molecule has 1 aromatic carbocycles. The predicted octanol–water partition coefficient (Wildman–Crippen LogP) is 4.04. The maximum atomic E-state index is 13.2. The second-order valence-corrected chi connectivity index (χ2v) is 10.5. The molecule has 0 aliphatic carbocycles. The molecule has 1 atom stereocenters. The number of nitrogens with zero attached hydrogens (tertiary/aromatic N) is 3. The van der Waals surface area contributed by atoms with Crippen molar-refractivity contribution in [2.75, 3.05) is 19.6 Å². The number of allylic oxidation sites excluding steroid dienone is 1. The van der Waals surface area contributed by atoms with Gasteiger partial charge in [-0.05, 0) is 51.5 Å². The van der Waals surface area contributed by atoms with Crippen molar-refractivity contribution in [1.29, 1.82) is 0 Å². The van der Waals surface area contributed by atoms with Gasteiger partial charge >= 0.3 is 5.97 Å². The van der Waals surface area contributed by atoms with Crippen LogP contribution in [0.5, 0.6) is 0 Å². The number of fused-ring (bicyclic) bond motifs is 1. The first-order valence-corrected chi connectivity index (χ1v) is 13.4. The lowest BCUT2D eigenvalue weighted by Crippen LogP contribution is -2.38. The van der Waals surface area contributed by atoms with E-state index in [0.717, 1.165) is 41.4 Å². The molecule has 1 fully saturated rings. The van der Waals surface area contributed by atoms with E-state index in [1.54, 1.807) is 0 Å². The van der Waals surface area contributed by atoms with Crippen molar-refractivity contribution in [3.05, 3.63) is 57.8 Å². The molecule has 1 aromatic rings. The number of aryl methyl sites for hydroxylation is 1. The summed E-state index contributed by atoms with van der Waals surface area (Å²) in [6, 6.07) is 7.63. The lowest BCUT2D eigenvalue weighted by atomic mass is 9.93. The van der Waals surface area contributed by atoms with Crippen LogP contribution in [0, 0.1) is 6.92 Å². The first-order chi connectivity index (χ1) is 17.2. The minimum atomic E-state index is -0.431. The summed E-state index contributed by atoms with van der Waals surface area (Å²) in [6.45, 7) is 9.49. The van der Waals surface area contributed by atoms with Crippen molar-refractivity contribution in [3.63, 3.8) is 0 Å². The number of likely N-dealkylation sites (tertiary alicyclic amines) is 1. The van der Waals surface area contributed by atoms with Crippen LogP contribution in [-0.4, -0.2) is 58.5 Å². The second-order valence-electron chi connectivity index (χ2n) is 9.62. The number of thioether (sulfide) groups is 1. The molecule has 0 bridgehead atoms. The minimum Gasteiger partial charge on any atom is -0.459 e. The lowest BCUT2D eigenvalue weighted by molar-refractivity contribution is -0.143. The first kappa shape index (κ1) is 26.0. The largest absolute Gasteiger partial charge is 0.459 e. The van der Waals surface area contributed by atoms with Crippen LogP contribution >= 0.6 is 11.8 Å². The third kappa shape index (κ3) is 5.83. The number of benzene rings is 1. The standard InChI is InChI=1S/C27H34N4O4S/c1-17(2)35-26(34)24-19(4)29-27-31(25(24)20-10-8-18(3)9-11-20)21(16-36-27)15-22(32)28-12-6-14-30-13-5-7-23(30)33/h8-11,16-17,25H,5-7,12-15H2,1-4H3,(H,28,32)/t25-/m1/s1. The van der Waals surface area contributed by atoms with Crippen LogP contribution < -0.4 is 5.32 Å². The van der Waals surface area contributed by atoms with Gasteiger partial charge in [0.1, 0.15) is 0 Å². The highest BCUT2D eigenvalue weighted by Crippen LogP contribution is 2.44. The monoisotopic (exact) mass is 510 g/mol. The van der Waals surface area contributed by atoms with E-state index < -0.39 is 12.0 Å². The average molecular weight is 511 g/mol. The molecule has 1 N–H and O–H groups in total. The van der Waals surface area contributed by atoms with Crippen molar-refractivity contribution in [3.8, 4) is 0 Å². The smallest absolute Gasteiger partial charge is 0.338 e. The molecule has 36 heavy (non-hydrogen) atoms. The van der Waals surface area contributed by atoms with Gasteiger partial charge in [0.25, 0.3) is 0 Å². The number of amidine groups is 1. The Morgan fingerprint density at radius 1 is 1.22 bits per heavy atom. The van der Waals surface area contributed by atoms with Gasteiger partial charge in [-0.3, -0.25) is 9.59 Å². The van der Waals surface area contributed by atoms with Crippen LogP contribution in [0.4, 0.5) is 0 Å². The minimum absolute atomic E-state index is 0.101. The number of hydrogen-bond acceptors (Lipinski definition) is 7. The van der Waals surface area contributed by atoms with Crippen LogP contribution in [0.1, 0.15) is 63.6 Å². The van der Waals surface area contributed by atoms with Gasteiger partial charge in [-0.25, -0.2) is 9.79 Å². The normalized spacial score (nSPS) is 19.5. The third-order valence-electron chi connectivity index (χ3n) is 6.40. The molecule has 0 spiro atoms. The van der Waals surface area contributed by atoms with Gasteiger partial charge in [0.15, 0.2) is 5.17 Å². The van der Waals surface area contributed by atoms with Crippen LogP contribution in [-0.2, 0) is 19.1 Å². The van der Waals surface area contributed by atoms with Crippen LogP contribution in [0.2, 0.25) is 0 Å². The van der Waals surface area contributed by atoms with Crippen LogP contribution in [0.15, 0.2) is 51.6 Å². The Bertz CT molecular complexity index is 1120. The van der Waals surface area contributed by atoms with Gasteiger partial charge in [-0.1, -0.05) is 41.6 Å². The molecular formula is C27H34N4O4S. The number of nitrogens with one attached hydrogen (secondary N) is 1. The Kier molecular flexibility index (Phi) is 8.18. The van der Waals surface area contributed by atoms with Gasteiger partial charge in [0.2, 0.25) is 11.8 Å². The highest BCUT2D eigenvalue weighted by molar-refractivity contribution is 8.16. The summed E-state index contributed by atoms with van der Waals surface area (Å²) in [6.07, 6.45) is 2.18. The Morgan fingerprint density at radius 2 is 1.97 bits per heavy atom. The Hall–Kier alpha value is -3.07. The van der Waals surface area contributed by atoms with Crippen molar-refractivity contribution in [2.24, 2.45) is 4.99 Å². The van der Waals surface area contributed by atoms with Gasteiger partial charge in [0, 0.05) is 31.8 Å². The second kappa shape index (κ2) is 11.3. The first-order valence-electron chi connectivity index (χ1n) is 12.5. The summed E-state index contributed by atoms with van der Waals surface area (Å²) in [5.74, 6) is -0.298. The fraction of sp³-hybridized carbons (Fsp3) is 0.481. The SMILES string of the molecule is CC1=C(C(=O)OC(C)C)[C@@H](c2ccc(C)cc2)N2C(CC(=O)NCCCN3CCCC3=O)=CSC2=N1. The zero-order valence-corrected chi connectivity index (χ0v) is 22.2. The maximum absolute atomic E-state index is 13.2. The molecule has 8 nitrogen and oxygen atoms in total. The van der Waals surface area contributed by atoms with E-state index in [2.05, 4.69) is 5.32 Å². The summed E-state index contributed by atoms with van der Waals surface area (Å²) in [5.41, 5.74) is 3.96. The van der Waals surface area contributed by atoms with Crippen molar-refractivity contribution >= 4 is 34.7 Å². The number of hydrogen-bond donors (Lipinski definition) is 1. The molecule has 2 amide bonds. The highest BCUT2D eigenvalue weighted by atomic mass is 32.2. The predicted molar refractivity (Wildman–Crippen MR) is 141 cm³/mol. The summed E-state index contributed by atoms with van der Waals surface area (Å²) in [4.78, 5) is 46.3. The molecule has 1 saturated heterocycles. The van der Waals surface area contributed by atoms with E-state index in [1.807, 2.05) is 67.2 Å². The Balaban J connectivity index is 1.49. The van der Waals surface area contributed by atoms with Crippen molar-refractivity contribution < 1.29 is 19.1 Å². The molecule has 0 unspecified atom stereocenters. The third-order valence-corrected chi connectivity index (χ3v) is 7.29. The molecule has 3 heterocycles. The van der Waals surface area contributed by atoms with Gasteiger partial charge in [-0.2, -0.15) is 0 Å². The maximum Gasteiger partial charge on any atom is 0.338 e.